The summed E-state index contributed by atoms with van der Waals surface area (Å²) in [5, 5.41) is 11.8. The van der Waals surface area contributed by atoms with E-state index in [9.17, 15) is 0 Å². The van der Waals surface area contributed by atoms with E-state index in [1.807, 2.05) is 24.4 Å². The molecular weight excluding hydrogens is 296 g/mol. The van der Waals surface area contributed by atoms with Crippen LogP contribution in [0.2, 0.25) is 0 Å². The van der Waals surface area contributed by atoms with Gasteiger partial charge in [0.25, 0.3) is 0 Å². The molecule has 1 N–H and O–H groups in total. The van der Waals surface area contributed by atoms with Crippen LogP contribution in [0.15, 0.2) is 60.1 Å². The predicted molar refractivity (Wildman–Crippen MR) is 86.5 cm³/mol. The van der Waals surface area contributed by atoms with E-state index in [1.54, 1.807) is 35.0 Å². The number of hydrogen-bond acceptors (Lipinski definition) is 6. The number of nitrogens with zero attached hydrogens (tertiary/aromatic N) is 5. The van der Waals surface area contributed by atoms with Crippen LogP contribution in [0.3, 0.4) is 0 Å². The van der Waals surface area contributed by atoms with Crippen molar-refractivity contribution in [1.29, 1.82) is 0 Å². The Kier molecular flexibility index (Phi) is 4.99. The lowest BCUT2D eigenvalue weighted by molar-refractivity contribution is 0.608. The lowest BCUT2D eigenvalue weighted by Crippen LogP contribution is -2.12. The summed E-state index contributed by atoms with van der Waals surface area (Å²) in [6.07, 6.45) is 7.02. The second-order valence-corrected chi connectivity index (χ2v) is 5.61. The summed E-state index contributed by atoms with van der Waals surface area (Å²) in [6, 6.07) is 10.3. The van der Waals surface area contributed by atoms with Gasteiger partial charge in [0.2, 0.25) is 0 Å². The quantitative estimate of drug-likeness (QED) is 0.676. The lowest BCUT2D eigenvalue weighted by atomic mass is 10.2. The van der Waals surface area contributed by atoms with Crippen molar-refractivity contribution in [2.24, 2.45) is 0 Å². The molecule has 3 aromatic rings. The number of benzene rings is 1. The summed E-state index contributed by atoms with van der Waals surface area (Å²) in [5.74, 6) is 1.66. The minimum Gasteiger partial charge on any atom is -0.367 e. The van der Waals surface area contributed by atoms with Gasteiger partial charge in [-0.2, -0.15) is 0 Å². The maximum Gasteiger partial charge on any atom is 0.145 e. The molecule has 0 unspecified atom stereocenters. The molecule has 0 aliphatic carbocycles. The third-order valence-corrected chi connectivity index (χ3v) is 3.93. The Bertz CT molecular complexity index is 686. The van der Waals surface area contributed by atoms with Gasteiger partial charge >= 0.3 is 0 Å². The van der Waals surface area contributed by atoms with E-state index in [-0.39, 0.29) is 0 Å². The molecule has 0 fully saturated rings. The lowest BCUT2D eigenvalue weighted by Gasteiger charge is -2.06. The highest BCUT2D eigenvalue weighted by Gasteiger charge is 2.01. The number of anilines is 1. The van der Waals surface area contributed by atoms with Crippen LogP contribution < -0.4 is 5.32 Å². The minimum absolute atomic E-state index is 0.727. The molecule has 22 heavy (non-hydrogen) atoms. The van der Waals surface area contributed by atoms with E-state index in [0.29, 0.717) is 0 Å². The second kappa shape index (κ2) is 7.56. The molecule has 0 aliphatic heterocycles. The average Bonchev–Trinajstić information content (AvgIpc) is 3.08. The Morgan fingerprint density at radius 2 is 2.05 bits per heavy atom. The molecule has 1 aromatic carbocycles. The Morgan fingerprint density at radius 1 is 1.14 bits per heavy atom. The molecule has 0 saturated carbocycles. The van der Waals surface area contributed by atoms with E-state index in [0.717, 1.165) is 29.7 Å². The van der Waals surface area contributed by atoms with Crippen LogP contribution in [-0.2, 0) is 12.3 Å². The van der Waals surface area contributed by atoms with Gasteiger partial charge in [0.15, 0.2) is 0 Å². The summed E-state index contributed by atoms with van der Waals surface area (Å²) in [4.78, 5) is 8.78. The standard InChI is InChI=1S/C15H16N6S/c1-2-4-13(5-3-1)12-22-15-11-16-10-14(19-15)17-6-8-21-9-7-18-20-21/h1-5,7,9-11H,6,8,12H2,(H,17,19). The Labute approximate surface area is 133 Å². The molecule has 0 spiro atoms. The minimum atomic E-state index is 0.727. The van der Waals surface area contributed by atoms with Crippen molar-refractivity contribution < 1.29 is 0 Å². The first-order chi connectivity index (χ1) is 10.9. The molecule has 0 radical (unpaired) electrons. The second-order valence-electron chi connectivity index (χ2n) is 4.61. The smallest absolute Gasteiger partial charge is 0.145 e. The first-order valence-electron chi connectivity index (χ1n) is 6.97. The van der Waals surface area contributed by atoms with Crippen molar-refractivity contribution in [3.05, 3.63) is 60.7 Å². The number of aromatic nitrogens is 5. The van der Waals surface area contributed by atoms with E-state index in [4.69, 9.17) is 0 Å². The summed E-state index contributed by atoms with van der Waals surface area (Å²) in [5.41, 5.74) is 1.28. The highest BCUT2D eigenvalue weighted by molar-refractivity contribution is 7.98. The summed E-state index contributed by atoms with van der Waals surface area (Å²) >= 11 is 1.68. The van der Waals surface area contributed by atoms with E-state index < -0.39 is 0 Å². The van der Waals surface area contributed by atoms with Crippen LogP contribution >= 0.6 is 11.8 Å². The largest absolute Gasteiger partial charge is 0.367 e. The Balaban J connectivity index is 1.51. The first kappa shape index (κ1) is 14.5. The number of nitrogens with one attached hydrogen (secondary N) is 1. The molecule has 7 heteroatoms. The fourth-order valence-electron chi connectivity index (χ4n) is 1.88. The van der Waals surface area contributed by atoms with Gasteiger partial charge in [0.05, 0.1) is 25.1 Å². The van der Waals surface area contributed by atoms with Gasteiger partial charge in [0, 0.05) is 18.5 Å². The topological polar surface area (TPSA) is 68.5 Å². The van der Waals surface area contributed by atoms with Crippen molar-refractivity contribution in [2.75, 3.05) is 11.9 Å². The summed E-state index contributed by atoms with van der Waals surface area (Å²) in [7, 11) is 0. The molecule has 0 amide bonds. The van der Waals surface area contributed by atoms with Gasteiger partial charge < -0.3 is 5.32 Å². The van der Waals surface area contributed by atoms with Gasteiger partial charge in [0.1, 0.15) is 10.8 Å². The number of rotatable bonds is 7. The summed E-state index contributed by atoms with van der Waals surface area (Å²) in [6.45, 7) is 1.47. The molecule has 3 rings (SSSR count). The van der Waals surface area contributed by atoms with Crippen LogP contribution in [0.25, 0.3) is 0 Å². The fraction of sp³-hybridized carbons (Fsp3) is 0.200. The zero-order valence-electron chi connectivity index (χ0n) is 12.0. The highest BCUT2D eigenvalue weighted by Crippen LogP contribution is 2.20. The molecule has 2 heterocycles. The van der Waals surface area contributed by atoms with Crippen molar-refractivity contribution in [1.82, 2.24) is 25.0 Å². The van der Waals surface area contributed by atoms with Crippen LogP contribution in [0.5, 0.6) is 0 Å². The number of thioether (sulfide) groups is 1. The molecule has 0 bridgehead atoms. The number of hydrogen-bond donors (Lipinski definition) is 1. The molecule has 6 nitrogen and oxygen atoms in total. The maximum absolute atomic E-state index is 4.55. The molecule has 112 valence electrons. The van der Waals surface area contributed by atoms with Crippen molar-refractivity contribution in [3.63, 3.8) is 0 Å². The zero-order chi connectivity index (χ0) is 15.0. The first-order valence-corrected chi connectivity index (χ1v) is 7.95. The van der Waals surface area contributed by atoms with Gasteiger partial charge in [-0.1, -0.05) is 35.5 Å². The monoisotopic (exact) mass is 312 g/mol. The van der Waals surface area contributed by atoms with Crippen LogP contribution in [0, 0.1) is 0 Å². The van der Waals surface area contributed by atoms with Crippen molar-refractivity contribution >= 4 is 17.6 Å². The van der Waals surface area contributed by atoms with Crippen LogP contribution in [0.4, 0.5) is 5.82 Å². The average molecular weight is 312 g/mol. The highest BCUT2D eigenvalue weighted by atomic mass is 32.2. The van der Waals surface area contributed by atoms with Gasteiger partial charge in [-0.3, -0.25) is 9.67 Å². The van der Waals surface area contributed by atoms with Crippen molar-refractivity contribution in [3.8, 4) is 0 Å². The van der Waals surface area contributed by atoms with Crippen molar-refractivity contribution in [2.45, 2.75) is 17.3 Å². The van der Waals surface area contributed by atoms with E-state index in [2.05, 4.69) is 37.7 Å². The SMILES string of the molecule is c1ccc(CSc2cncc(NCCn3ccnn3)n2)cc1. The molecular formula is C15H16N6S. The van der Waals surface area contributed by atoms with E-state index in [1.165, 1.54) is 5.56 Å². The van der Waals surface area contributed by atoms with Gasteiger partial charge in [-0.05, 0) is 5.56 Å². The molecule has 0 atom stereocenters. The maximum atomic E-state index is 4.55. The van der Waals surface area contributed by atoms with Crippen LogP contribution in [0.1, 0.15) is 5.56 Å². The Morgan fingerprint density at radius 3 is 2.86 bits per heavy atom. The molecule has 0 aliphatic rings. The van der Waals surface area contributed by atoms with Gasteiger partial charge in [-0.25, -0.2) is 4.98 Å². The third kappa shape index (κ3) is 4.29. The third-order valence-electron chi connectivity index (χ3n) is 2.96. The van der Waals surface area contributed by atoms with Gasteiger partial charge in [-0.15, -0.1) is 16.9 Å². The predicted octanol–water partition coefficient (Wildman–Crippen LogP) is 2.47. The molecule has 0 saturated heterocycles. The molecule has 2 aromatic heterocycles. The fourth-order valence-corrected chi connectivity index (χ4v) is 2.69. The normalized spacial score (nSPS) is 10.5. The summed E-state index contributed by atoms with van der Waals surface area (Å²) < 4.78 is 1.77. The van der Waals surface area contributed by atoms with Crippen LogP contribution in [-0.4, -0.2) is 31.5 Å². The van der Waals surface area contributed by atoms with E-state index >= 15 is 0 Å². The zero-order valence-corrected chi connectivity index (χ0v) is 12.8. The Hall–Kier alpha value is -2.41.